The predicted octanol–water partition coefficient (Wildman–Crippen LogP) is 1.93. The molecule has 1 N–H and O–H groups in total. The lowest BCUT2D eigenvalue weighted by Gasteiger charge is -2.08. The summed E-state index contributed by atoms with van der Waals surface area (Å²) in [6.45, 7) is 4.10. The highest BCUT2D eigenvalue weighted by Gasteiger charge is 2.18. The van der Waals surface area contributed by atoms with Gasteiger partial charge in [-0.1, -0.05) is 0 Å². The number of carbonyl (C=O) groups is 2. The van der Waals surface area contributed by atoms with E-state index >= 15 is 0 Å². The normalized spacial score (nSPS) is 10.2. The Balaban J connectivity index is 1.97. The number of esters is 1. The van der Waals surface area contributed by atoms with Gasteiger partial charge in [0.15, 0.2) is 6.61 Å². The van der Waals surface area contributed by atoms with Crippen LogP contribution in [0.2, 0.25) is 0 Å². The second kappa shape index (κ2) is 8.02. The Hall–Kier alpha value is -3.01. The summed E-state index contributed by atoms with van der Waals surface area (Å²) >= 11 is 0. The van der Waals surface area contributed by atoms with Gasteiger partial charge in [0.2, 0.25) is 0 Å². The third-order valence-electron chi connectivity index (χ3n) is 3.58. The first kappa shape index (κ1) is 17.3. The Kier molecular flexibility index (Phi) is 5.79. The molecule has 0 unspecified atom stereocenters. The number of hydrogen-bond acceptors (Lipinski definition) is 5. The SMILES string of the molecule is Cc1cc(C(=O)OCC(=O)NCCC#N)c(C)n1Cc1ccco1. The molecular weight excluding hydrogens is 310 g/mol. The van der Waals surface area contributed by atoms with Gasteiger partial charge in [0, 0.05) is 17.9 Å². The molecule has 7 heteroatoms. The average molecular weight is 329 g/mol. The number of ether oxygens (including phenoxy) is 1. The summed E-state index contributed by atoms with van der Waals surface area (Å²) in [5.74, 6) is -0.194. The standard InChI is InChI=1S/C17H19N3O4/c1-12-9-15(13(2)20(12)10-14-5-3-8-23-14)17(22)24-11-16(21)19-7-4-6-18/h3,5,8-9H,4,7,10-11H2,1-2H3,(H,19,21). The molecule has 2 aromatic rings. The maximum atomic E-state index is 12.2. The van der Waals surface area contributed by atoms with Crippen molar-refractivity contribution in [3.8, 4) is 6.07 Å². The first-order valence-electron chi connectivity index (χ1n) is 7.52. The number of furan rings is 1. The average Bonchev–Trinajstić information content (AvgIpc) is 3.16. The minimum absolute atomic E-state index is 0.216. The van der Waals surface area contributed by atoms with Gasteiger partial charge in [-0.15, -0.1) is 0 Å². The van der Waals surface area contributed by atoms with E-state index in [4.69, 9.17) is 14.4 Å². The molecule has 2 aromatic heterocycles. The summed E-state index contributed by atoms with van der Waals surface area (Å²) in [7, 11) is 0. The number of nitrogens with zero attached hydrogens (tertiary/aromatic N) is 2. The number of nitriles is 1. The minimum atomic E-state index is -0.552. The Morgan fingerprint density at radius 1 is 1.42 bits per heavy atom. The van der Waals surface area contributed by atoms with Gasteiger partial charge >= 0.3 is 5.97 Å². The molecule has 0 aromatic carbocycles. The van der Waals surface area contributed by atoms with Crippen LogP contribution in [0.4, 0.5) is 0 Å². The number of nitrogens with one attached hydrogen (secondary N) is 1. The monoisotopic (exact) mass is 329 g/mol. The molecule has 7 nitrogen and oxygen atoms in total. The molecule has 126 valence electrons. The first-order chi connectivity index (χ1) is 11.5. The van der Waals surface area contributed by atoms with E-state index in [0.717, 1.165) is 17.1 Å². The van der Waals surface area contributed by atoms with Crippen molar-refractivity contribution in [1.29, 1.82) is 5.26 Å². The number of aromatic nitrogens is 1. The van der Waals surface area contributed by atoms with Crippen molar-refractivity contribution in [3.63, 3.8) is 0 Å². The van der Waals surface area contributed by atoms with Crippen LogP contribution < -0.4 is 5.32 Å². The molecule has 24 heavy (non-hydrogen) atoms. The van der Waals surface area contributed by atoms with Gasteiger partial charge in [0.05, 0.1) is 30.9 Å². The molecule has 0 spiro atoms. The predicted molar refractivity (Wildman–Crippen MR) is 85.2 cm³/mol. The maximum absolute atomic E-state index is 12.2. The van der Waals surface area contributed by atoms with Crippen molar-refractivity contribution in [1.82, 2.24) is 9.88 Å². The second-order valence-electron chi connectivity index (χ2n) is 5.28. The van der Waals surface area contributed by atoms with Gasteiger partial charge in [0.1, 0.15) is 5.76 Å². The number of carbonyl (C=O) groups excluding carboxylic acids is 2. The summed E-state index contributed by atoms with van der Waals surface area (Å²) in [5.41, 5.74) is 2.07. The first-order valence-corrected chi connectivity index (χ1v) is 7.52. The summed E-state index contributed by atoms with van der Waals surface area (Å²) < 4.78 is 12.3. The molecule has 0 radical (unpaired) electrons. The fraction of sp³-hybridized carbons (Fsp3) is 0.353. The zero-order valence-corrected chi connectivity index (χ0v) is 13.7. The molecule has 0 saturated carbocycles. The van der Waals surface area contributed by atoms with E-state index in [2.05, 4.69) is 5.32 Å². The quantitative estimate of drug-likeness (QED) is 0.618. The third-order valence-corrected chi connectivity index (χ3v) is 3.58. The molecule has 0 aliphatic carbocycles. The largest absolute Gasteiger partial charge is 0.467 e. The molecule has 0 atom stereocenters. The topological polar surface area (TPSA) is 97.3 Å². The van der Waals surface area contributed by atoms with Gasteiger partial charge in [-0.25, -0.2) is 4.79 Å². The lowest BCUT2D eigenvalue weighted by molar-refractivity contribution is -0.124. The molecule has 0 aliphatic rings. The van der Waals surface area contributed by atoms with Crippen LogP contribution in [-0.4, -0.2) is 29.6 Å². The molecular formula is C17H19N3O4. The Bertz CT molecular complexity index is 754. The van der Waals surface area contributed by atoms with E-state index in [1.165, 1.54) is 0 Å². The maximum Gasteiger partial charge on any atom is 0.340 e. The fourth-order valence-electron chi connectivity index (χ4n) is 2.33. The Morgan fingerprint density at radius 2 is 2.21 bits per heavy atom. The molecule has 0 bridgehead atoms. The number of rotatable bonds is 7. The third kappa shape index (κ3) is 4.26. The molecule has 0 fully saturated rings. The minimum Gasteiger partial charge on any atom is -0.467 e. The Labute approximate surface area is 139 Å². The van der Waals surface area contributed by atoms with Crippen molar-refractivity contribution < 1.29 is 18.7 Å². The number of aryl methyl sites for hydroxylation is 1. The van der Waals surface area contributed by atoms with Gasteiger partial charge in [-0.2, -0.15) is 5.26 Å². The van der Waals surface area contributed by atoms with Gasteiger partial charge in [0.25, 0.3) is 5.91 Å². The highest BCUT2D eigenvalue weighted by atomic mass is 16.5. The van der Waals surface area contributed by atoms with Crippen molar-refractivity contribution >= 4 is 11.9 Å². The van der Waals surface area contributed by atoms with Crippen LogP contribution in [-0.2, 0) is 16.1 Å². The Morgan fingerprint density at radius 3 is 2.88 bits per heavy atom. The van der Waals surface area contributed by atoms with E-state index in [1.807, 2.05) is 36.6 Å². The van der Waals surface area contributed by atoms with Gasteiger partial charge in [-0.05, 0) is 32.0 Å². The van der Waals surface area contributed by atoms with Crippen molar-refractivity contribution in [2.75, 3.05) is 13.2 Å². The van der Waals surface area contributed by atoms with Crippen LogP contribution in [0.25, 0.3) is 0 Å². The van der Waals surface area contributed by atoms with Crippen LogP contribution in [0.1, 0.15) is 33.9 Å². The smallest absolute Gasteiger partial charge is 0.340 e. The zero-order chi connectivity index (χ0) is 17.5. The lowest BCUT2D eigenvalue weighted by Crippen LogP contribution is -2.29. The molecule has 0 saturated heterocycles. The van der Waals surface area contributed by atoms with Crippen LogP contribution in [0.15, 0.2) is 28.9 Å². The van der Waals surface area contributed by atoms with E-state index in [9.17, 15) is 9.59 Å². The van der Waals surface area contributed by atoms with E-state index in [-0.39, 0.29) is 19.6 Å². The summed E-state index contributed by atoms with van der Waals surface area (Å²) in [6.07, 6.45) is 1.82. The van der Waals surface area contributed by atoms with Crippen LogP contribution >= 0.6 is 0 Å². The lowest BCUT2D eigenvalue weighted by atomic mass is 10.2. The zero-order valence-electron chi connectivity index (χ0n) is 13.7. The molecule has 2 rings (SSSR count). The van der Waals surface area contributed by atoms with E-state index in [1.54, 1.807) is 12.3 Å². The fourth-order valence-corrected chi connectivity index (χ4v) is 2.33. The highest BCUT2D eigenvalue weighted by Crippen LogP contribution is 2.18. The molecule has 1 amide bonds. The summed E-state index contributed by atoms with van der Waals surface area (Å²) in [4.78, 5) is 23.7. The van der Waals surface area contributed by atoms with Crippen molar-refractivity contribution in [3.05, 3.63) is 47.2 Å². The summed E-state index contributed by atoms with van der Waals surface area (Å²) in [6, 6.07) is 7.32. The highest BCUT2D eigenvalue weighted by molar-refractivity contribution is 5.92. The van der Waals surface area contributed by atoms with E-state index in [0.29, 0.717) is 12.1 Å². The van der Waals surface area contributed by atoms with Crippen LogP contribution in [0, 0.1) is 25.2 Å². The second-order valence-corrected chi connectivity index (χ2v) is 5.28. The van der Waals surface area contributed by atoms with Crippen molar-refractivity contribution in [2.24, 2.45) is 0 Å². The van der Waals surface area contributed by atoms with Crippen LogP contribution in [0.5, 0.6) is 0 Å². The van der Waals surface area contributed by atoms with Gasteiger partial charge < -0.3 is 19.0 Å². The van der Waals surface area contributed by atoms with Crippen molar-refractivity contribution in [2.45, 2.75) is 26.8 Å². The number of hydrogen-bond donors (Lipinski definition) is 1. The number of amides is 1. The summed E-state index contributed by atoms with van der Waals surface area (Å²) in [5, 5.41) is 10.9. The van der Waals surface area contributed by atoms with Gasteiger partial charge in [-0.3, -0.25) is 4.79 Å². The molecule has 2 heterocycles. The van der Waals surface area contributed by atoms with E-state index < -0.39 is 11.9 Å². The van der Waals surface area contributed by atoms with Crippen LogP contribution in [0.3, 0.4) is 0 Å². The molecule has 0 aliphatic heterocycles.